The Morgan fingerprint density at radius 1 is 1.29 bits per heavy atom. The summed E-state index contributed by atoms with van der Waals surface area (Å²) < 4.78 is 0. The fourth-order valence-corrected chi connectivity index (χ4v) is 3.74. The zero-order valence-electron chi connectivity index (χ0n) is 11.5. The highest BCUT2D eigenvalue weighted by molar-refractivity contribution is 5.84. The minimum atomic E-state index is 0.137. The van der Waals surface area contributed by atoms with Crippen LogP contribution in [0.4, 0.5) is 0 Å². The van der Waals surface area contributed by atoms with E-state index in [4.69, 9.17) is 0 Å². The molecule has 2 rings (SSSR count). The van der Waals surface area contributed by atoms with Gasteiger partial charge in [-0.3, -0.25) is 4.79 Å². The molecule has 2 heteroatoms. The van der Waals surface area contributed by atoms with Crippen molar-refractivity contribution in [1.82, 2.24) is 0 Å². The van der Waals surface area contributed by atoms with Crippen molar-refractivity contribution in [3.05, 3.63) is 0 Å². The van der Waals surface area contributed by atoms with Gasteiger partial charge in [-0.2, -0.15) is 0 Å². The lowest BCUT2D eigenvalue weighted by molar-refractivity contribution is -0.126. The van der Waals surface area contributed by atoms with Gasteiger partial charge in [0.1, 0.15) is 11.6 Å². The van der Waals surface area contributed by atoms with Crippen molar-refractivity contribution in [2.45, 2.75) is 59.8 Å². The third-order valence-corrected chi connectivity index (χ3v) is 4.88. The molecule has 0 radical (unpaired) electrons. The van der Waals surface area contributed by atoms with Gasteiger partial charge in [0.05, 0.1) is 0 Å². The lowest BCUT2D eigenvalue weighted by Gasteiger charge is -2.24. The van der Waals surface area contributed by atoms with Gasteiger partial charge in [0.25, 0.3) is 0 Å². The lowest BCUT2D eigenvalue weighted by atomic mass is 9.79. The first kappa shape index (κ1) is 12.8. The standard InChI is InChI=1S/C15H24O2/c1-10(16)5-6-12-13(17)9-14(2,3)7-11-8-15(11,12)4/h11-12H,5-9H2,1-4H3. The second kappa shape index (κ2) is 3.93. The van der Waals surface area contributed by atoms with Crippen LogP contribution in [-0.4, -0.2) is 11.6 Å². The third-order valence-electron chi connectivity index (χ3n) is 4.88. The van der Waals surface area contributed by atoms with E-state index in [2.05, 4.69) is 20.8 Å². The summed E-state index contributed by atoms with van der Waals surface area (Å²) >= 11 is 0. The molecule has 0 N–H and O–H groups in total. The molecule has 2 saturated carbocycles. The molecule has 2 fully saturated rings. The summed E-state index contributed by atoms with van der Waals surface area (Å²) in [5.74, 6) is 1.46. The highest BCUT2D eigenvalue weighted by atomic mass is 16.1. The average molecular weight is 236 g/mol. The number of Topliss-reactive ketones (excluding diaryl/α,β-unsaturated/α-hetero) is 2. The predicted molar refractivity (Wildman–Crippen MR) is 67.6 cm³/mol. The quantitative estimate of drug-likeness (QED) is 0.752. The molecule has 2 aliphatic carbocycles. The fourth-order valence-electron chi connectivity index (χ4n) is 3.74. The molecule has 17 heavy (non-hydrogen) atoms. The van der Waals surface area contributed by atoms with Gasteiger partial charge in [0.15, 0.2) is 0 Å². The van der Waals surface area contributed by atoms with Crippen LogP contribution in [0, 0.1) is 22.7 Å². The minimum absolute atomic E-state index is 0.137. The highest BCUT2D eigenvalue weighted by Crippen LogP contribution is 2.65. The summed E-state index contributed by atoms with van der Waals surface area (Å²) in [7, 11) is 0. The van der Waals surface area contributed by atoms with Gasteiger partial charge in [-0.25, -0.2) is 0 Å². The first-order valence-corrected chi connectivity index (χ1v) is 6.77. The van der Waals surface area contributed by atoms with Gasteiger partial charge in [-0.05, 0) is 42.9 Å². The van der Waals surface area contributed by atoms with E-state index in [-0.39, 0.29) is 22.5 Å². The van der Waals surface area contributed by atoms with E-state index in [1.165, 1.54) is 12.8 Å². The normalized spacial score (nSPS) is 39.4. The maximum atomic E-state index is 12.4. The molecule has 0 saturated heterocycles. The van der Waals surface area contributed by atoms with Crippen molar-refractivity contribution in [3.8, 4) is 0 Å². The van der Waals surface area contributed by atoms with Crippen molar-refractivity contribution in [1.29, 1.82) is 0 Å². The Hall–Kier alpha value is -0.660. The summed E-state index contributed by atoms with van der Waals surface area (Å²) in [6.07, 6.45) is 4.40. The van der Waals surface area contributed by atoms with Gasteiger partial charge in [-0.1, -0.05) is 20.8 Å². The molecular formula is C15H24O2. The fraction of sp³-hybridized carbons (Fsp3) is 0.867. The van der Waals surface area contributed by atoms with Crippen LogP contribution in [-0.2, 0) is 9.59 Å². The molecule has 2 aliphatic rings. The van der Waals surface area contributed by atoms with E-state index < -0.39 is 0 Å². The number of hydrogen-bond acceptors (Lipinski definition) is 2. The second-order valence-corrected chi connectivity index (χ2v) is 7.21. The van der Waals surface area contributed by atoms with E-state index in [9.17, 15) is 9.59 Å². The molecular weight excluding hydrogens is 212 g/mol. The van der Waals surface area contributed by atoms with Gasteiger partial charge >= 0.3 is 0 Å². The number of rotatable bonds is 3. The van der Waals surface area contributed by atoms with Crippen LogP contribution in [0.25, 0.3) is 0 Å². The summed E-state index contributed by atoms with van der Waals surface area (Å²) in [5, 5.41) is 0. The molecule has 96 valence electrons. The van der Waals surface area contributed by atoms with Crippen LogP contribution in [0.5, 0.6) is 0 Å². The van der Waals surface area contributed by atoms with E-state index in [1.807, 2.05) is 0 Å². The SMILES string of the molecule is CC(=O)CCC1C(=O)CC(C)(C)CC2CC21C. The Morgan fingerprint density at radius 3 is 2.53 bits per heavy atom. The average Bonchev–Trinajstić information content (AvgIpc) is 2.73. The zero-order valence-corrected chi connectivity index (χ0v) is 11.5. The number of ketones is 2. The van der Waals surface area contributed by atoms with Crippen LogP contribution in [0.15, 0.2) is 0 Å². The smallest absolute Gasteiger partial charge is 0.137 e. The lowest BCUT2D eigenvalue weighted by Crippen LogP contribution is -2.25. The Bertz CT molecular complexity index is 356. The molecule has 0 amide bonds. The summed E-state index contributed by atoms with van der Waals surface area (Å²) in [6.45, 7) is 8.29. The molecule has 3 unspecified atom stereocenters. The number of carbonyl (C=O) groups excluding carboxylic acids is 2. The highest BCUT2D eigenvalue weighted by Gasteiger charge is 2.59. The minimum Gasteiger partial charge on any atom is -0.300 e. The topological polar surface area (TPSA) is 34.1 Å². The molecule has 0 aromatic heterocycles. The van der Waals surface area contributed by atoms with Gasteiger partial charge < -0.3 is 4.79 Å². The van der Waals surface area contributed by atoms with E-state index >= 15 is 0 Å². The third kappa shape index (κ3) is 2.46. The van der Waals surface area contributed by atoms with Crippen LogP contribution in [0.2, 0.25) is 0 Å². The van der Waals surface area contributed by atoms with Gasteiger partial charge in [-0.15, -0.1) is 0 Å². The predicted octanol–water partition coefficient (Wildman–Crippen LogP) is 3.39. The first-order chi connectivity index (χ1) is 7.74. The first-order valence-electron chi connectivity index (χ1n) is 6.77. The molecule has 3 atom stereocenters. The molecule has 0 aromatic rings. The van der Waals surface area contributed by atoms with Crippen LogP contribution >= 0.6 is 0 Å². The van der Waals surface area contributed by atoms with Crippen molar-refractivity contribution >= 4 is 11.6 Å². The van der Waals surface area contributed by atoms with Crippen molar-refractivity contribution in [2.75, 3.05) is 0 Å². The Kier molecular flexibility index (Phi) is 2.95. The summed E-state index contributed by atoms with van der Waals surface area (Å²) in [4.78, 5) is 23.5. The van der Waals surface area contributed by atoms with E-state index in [0.29, 0.717) is 24.5 Å². The van der Waals surface area contributed by atoms with Crippen molar-refractivity contribution in [3.63, 3.8) is 0 Å². The Balaban J connectivity index is 2.13. The molecule has 0 aromatic carbocycles. The Labute approximate surface area is 104 Å². The van der Waals surface area contributed by atoms with E-state index in [1.54, 1.807) is 6.92 Å². The maximum Gasteiger partial charge on any atom is 0.137 e. The number of hydrogen-bond donors (Lipinski definition) is 0. The molecule has 0 bridgehead atoms. The van der Waals surface area contributed by atoms with Gasteiger partial charge in [0, 0.05) is 18.8 Å². The van der Waals surface area contributed by atoms with E-state index in [0.717, 1.165) is 6.42 Å². The monoisotopic (exact) mass is 236 g/mol. The number of fused-ring (bicyclic) bond motifs is 1. The Morgan fingerprint density at radius 2 is 1.94 bits per heavy atom. The van der Waals surface area contributed by atoms with Gasteiger partial charge in [0.2, 0.25) is 0 Å². The molecule has 2 nitrogen and oxygen atoms in total. The number of carbonyl (C=O) groups is 2. The largest absolute Gasteiger partial charge is 0.300 e. The van der Waals surface area contributed by atoms with Crippen LogP contribution in [0.3, 0.4) is 0 Å². The van der Waals surface area contributed by atoms with Crippen molar-refractivity contribution in [2.24, 2.45) is 22.7 Å². The maximum absolute atomic E-state index is 12.4. The second-order valence-electron chi connectivity index (χ2n) is 7.21. The zero-order chi connectivity index (χ0) is 12.8. The molecule has 0 heterocycles. The van der Waals surface area contributed by atoms with Crippen LogP contribution < -0.4 is 0 Å². The molecule has 0 aliphatic heterocycles. The molecule has 0 spiro atoms. The summed E-state index contributed by atoms with van der Waals surface area (Å²) in [5.41, 5.74) is 0.366. The van der Waals surface area contributed by atoms with Crippen LogP contribution in [0.1, 0.15) is 59.8 Å². The summed E-state index contributed by atoms with van der Waals surface area (Å²) in [6, 6.07) is 0. The van der Waals surface area contributed by atoms with Crippen molar-refractivity contribution < 1.29 is 9.59 Å².